The van der Waals surface area contributed by atoms with Crippen LogP contribution in [0.5, 0.6) is 0 Å². The Balaban J connectivity index is 1.55. The van der Waals surface area contributed by atoms with Crippen molar-refractivity contribution < 1.29 is 20.4 Å². The van der Waals surface area contributed by atoms with Crippen molar-refractivity contribution in [2.45, 2.75) is 123 Å². The molecule has 11 atom stereocenters. The van der Waals surface area contributed by atoms with Gasteiger partial charge in [0.25, 0.3) is 0 Å². The molecule has 31 heavy (non-hydrogen) atoms. The SMILES string of the molecule is CC(C)CCC[C@@H](C)C1CC[C@H]2[C@@H]3C[C@@H](O)[C@@]4(O)[C@H](O)[C@@H](O)CC[C@]4(C)[C@H]3CC[C@]12C. The van der Waals surface area contributed by atoms with Crippen molar-refractivity contribution in [3.05, 3.63) is 0 Å². The molecule has 0 aromatic carbocycles. The molecule has 4 nitrogen and oxygen atoms in total. The molecule has 4 heteroatoms. The van der Waals surface area contributed by atoms with Gasteiger partial charge in [-0.2, -0.15) is 0 Å². The van der Waals surface area contributed by atoms with E-state index in [4.69, 9.17) is 0 Å². The van der Waals surface area contributed by atoms with Gasteiger partial charge >= 0.3 is 0 Å². The Labute approximate surface area is 189 Å². The summed E-state index contributed by atoms with van der Waals surface area (Å²) >= 11 is 0. The predicted molar refractivity (Wildman–Crippen MR) is 123 cm³/mol. The van der Waals surface area contributed by atoms with Crippen LogP contribution in [0, 0.1) is 46.3 Å². The Hall–Kier alpha value is -0.160. The topological polar surface area (TPSA) is 80.9 Å². The average Bonchev–Trinajstić information content (AvgIpc) is 3.06. The number of aliphatic hydroxyl groups is 4. The van der Waals surface area contributed by atoms with E-state index in [2.05, 4.69) is 34.6 Å². The van der Waals surface area contributed by atoms with Gasteiger partial charge in [-0.1, -0.05) is 53.9 Å². The first kappa shape index (κ1) is 24.0. The van der Waals surface area contributed by atoms with Crippen molar-refractivity contribution >= 4 is 0 Å². The van der Waals surface area contributed by atoms with Crippen LogP contribution in [0.1, 0.15) is 98.8 Å². The van der Waals surface area contributed by atoms with Crippen LogP contribution in [0.3, 0.4) is 0 Å². The molecule has 180 valence electrons. The quantitative estimate of drug-likeness (QED) is 0.511. The lowest BCUT2D eigenvalue weighted by atomic mass is 9.42. The highest BCUT2D eigenvalue weighted by atomic mass is 16.4. The second kappa shape index (κ2) is 8.25. The van der Waals surface area contributed by atoms with Crippen LogP contribution in [0.4, 0.5) is 0 Å². The highest BCUT2D eigenvalue weighted by molar-refractivity contribution is 5.19. The zero-order valence-electron chi connectivity index (χ0n) is 20.6. The number of aliphatic hydroxyl groups excluding tert-OH is 3. The second-order valence-corrected chi connectivity index (χ2v) is 13.0. The fourth-order valence-electron chi connectivity index (χ4n) is 9.37. The van der Waals surface area contributed by atoms with E-state index in [0.29, 0.717) is 42.4 Å². The molecule has 4 N–H and O–H groups in total. The molecule has 1 unspecified atom stereocenters. The molecule has 0 radical (unpaired) electrons. The maximum absolute atomic E-state index is 11.6. The van der Waals surface area contributed by atoms with E-state index in [-0.39, 0.29) is 0 Å². The molecule has 0 bridgehead atoms. The zero-order valence-corrected chi connectivity index (χ0v) is 20.6. The summed E-state index contributed by atoms with van der Waals surface area (Å²) in [5.41, 5.74) is -1.80. The summed E-state index contributed by atoms with van der Waals surface area (Å²) in [6, 6.07) is 0. The van der Waals surface area contributed by atoms with Crippen molar-refractivity contribution in [1.29, 1.82) is 0 Å². The van der Waals surface area contributed by atoms with E-state index < -0.39 is 29.3 Å². The molecule has 0 aliphatic heterocycles. The smallest absolute Gasteiger partial charge is 0.124 e. The maximum Gasteiger partial charge on any atom is 0.124 e. The Morgan fingerprint density at radius 3 is 2.26 bits per heavy atom. The largest absolute Gasteiger partial charge is 0.390 e. The van der Waals surface area contributed by atoms with Crippen molar-refractivity contribution in [2.75, 3.05) is 0 Å². The van der Waals surface area contributed by atoms with Crippen LogP contribution in [-0.2, 0) is 0 Å². The van der Waals surface area contributed by atoms with Crippen LogP contribution < -0.4 is 0 Å². The molecule has 0 heterocycles. The third-order valence-electron chi connectivity index (χ3n) is 11.1. The van der Waals surface area contributed by atoms with Gasteiger partial charge in [0, 0.05) is 5.41 Å². The molecule has 4 aliphatic rings. The second-order valence-electron chi connectivity index (χ2n) is 13.0. The Morgan fingerprint density at radius 1 is 0.871 bits per heavy atom. The molecule has 0 saturated heterocycles. The number of rotatable bonds is 5. The normalized spacial score (nSPS) is 53.0. The fourth-order valence-corrected chi connectivity index (χ4v) is 9.37. The van der Waals surface area contributed by atoms with Crippen LogP contribution in [0.2, 0.25) is 0 Å². The molecule has 0 aromatic heterocycles. The van der Waals surface area contributed by atoms with E-state index >= 15 is 0 Å². The summed E-state index contributed by atoms with van der Waals surface area (Å²) in [5.74, 6) is 3.62. The van der Waals surface area contributed by atoms with Gasteiger partial charge < -0.3 is 20.4 Å². The third kappa shape index (κ3) is 3.45. The monoisotopic (exact) mass is 436 g/mol. The van der Waals surface area contributed by atoms with Crippen molar-refractivity contribution in [2.24, 2.45) is 46.3 Å². The highest BCUT2D eigenvalue weighted by Crippen LogP contribution is 2.69. The van der Waals surface area contributed by atoms with E-state index in [9.17, 15) is 20.4 Å². The minimum Gasteiger partial charge on any atom is -0.390 e. The lowest BCUT2D eigenvalue weighted by molar-refractivity contribution is -0.305. The van der Waals surface area contributed by atoms with Gasteiger partial charge in [-0.15, -0.1) is 0 Å². The lowest BCUT2D eigenvalue weighted by Gasteiger charge is -2.66. The summed E-state index contributed by atoms with van der Waals surface area (Å²) in [4.78, 5) is 0. The van der Waals surface area contributed by atoms with E-state index in [1.54, 1.807) is 0 Å². The standard InChI is InChI=1S/C27H48O4/c1-16(2)7-6-8-17(3)19-9-10-20-18-15-23(29)27(31)24(30)22(28)12-14-26(27,5)21(18)11-13-25(19,20)4/h16-24,28-31H,6-15H2,1-5H3/t17-,18+,19?,20+,21+,22+,23-,24-,25-,26-,27-/m1/s1. The van der Waals surface area contributed by atoms with E-state index in [1.165, 1.54) is 38.5 Å². The molecule has 4 rings (SSSR count). The van der Waals surface area contributed by atoms with Crippen LogP contribution in [-0.4, -0.2) is 44.3 Å². The molecule has 4 fully saturated rings. The Kier molecular flexibility index (Phi) is 6.38. The van der Waals surface area contributed by atoms with Crippen LogP contribution >= 0.6 is 0 Å². The first-order chi connectivity index (χ1) is 14.5. The van der Waals surface area contributed by atoms with Crippen molar-refractivity contribution in [1.82, 2.24) is 0 Å². The minimum absolute atomic E-state index is 0.316. The summed E-state index contributed by atoms with van der Waals surface area (Å²) in [6.07, 6.45) is 7.35. The molecular weight excluding hydrogens is 388 g/mol. The van der Waals surface area contributed by atoms with Crippen LogP contribution in [0.25, 0.3) is 0 Å². The van der Waals surface area contributed by atoms with Gasteiger partial charge in [0.15, 0.2) is 0 Å². The fraction of sp³-hybridized carbons (Fsp3) is 1.00. The number of fused-ring (bicyclic) bond motifs is 5. The maximum atomic E-state index is 11.6. The van der Waals surface area contributed by atoms with E-state index in [0.717, 1.165) is 24.2 Å². The molecule has 4 aliphatic carbocycles. The van der Waals surface area contributed by atoms with Gasteiger partial charge in [-0.25, -0.2) is 0 Å². The highest BCUT2D eigenvalue weighted by Gasteiger charge is 2.70. The molecule has 0 amide bonds. The van der Waals surface area contributed by atoms with Crippen molar-refractivity contribution in [3.63, 3.8) is 0 Å². The van der Waals surface area contributed by atoms with Gasteiger partial charge in [0.2, 0.25) is 0 Å². The van der Waals surface area contributed by atoms with E-state index in [1.807, 2.05) is 0 Å². The average molecular weight is 437 g/mol. The van der Waals surface area contributed by atoms with Crippen molar-refractivity contribution in [3.8, 4) is 0 Å². The van der Waals surface area contributed by atoms with Gasteiger partial charge in [-0.3, -0.25) is 0 Å². The summed E-state index contributed by atoms with van der Waals surface area (Å²) in [6.45, 7) is 11.7. The molecule has 0 spiro atoms. The predicted octanol–water partition coefficient (Wildman–Crippen LogP) is 4.53. The molecule has 4 saturated carbocycles. The Bertz CT molecular complexity index is 651. The van der Waals surface area contributed by atoms with Gasteiger partial charge in [-0.05, 0) is 85.9 Å². The summed E-state index contributed by atoms with van der Waals surface area (Å²) in [7, 11) is 0. The summed E-state index contributed by atoms with van der Waals surface area (Å²) < 4.78 is 0. The van der Waals surface area contributed by atoms with Gasteiger partial charge in [0.05, 0.1) is 12.2 Å². The van der Waals surface area contributed by atoms with Gasteiger partial charge in [0.1, 0.15) is 11.7 Å². The lowest BCUT2D eigenvalue weighted by Crippen LogP contribution is -2.74. The summed E-state index contributed by atoms with van der Waals surface area (Å²) in [5, 5.41) is 43.9. The Morgan fingerprint density at radius 2 is 1.58 bits per heavy atom. The number of hydrogen-bond donors (Lipinski definition) is 4. The molecular formula is C27H48O4. The first-order valence-electron chi connectivity index (χ1n) is 13.2. The minimum atomic E-state index is -1.60. The zero-order chi connectivity index (χ0) is 22.8. The third-order valence-corrected chi connectivity index (χ3v) is 11.1. The molecule has 0 aromatic rings. The van der Waals surface area contributed by atoms with Crippen LogP contribution in [0.15, 0.2) is 0 Å². The number of hydrogen-bond acceptors (Lipinski definition) is 4. The first-order valence-corrected chi connectivity index (χ1v) is 13.2.